The first-order chi connectivity index (χ1) is 11.8. The highest BCUT2D eigenvalue weighted by atomic mass is 35.5. The molecule has 0 fully saturated rings. The summed E-state index contributed by atoms with van der Waals surface area (Å²) in [6, 6.07) is 19.8. The van der Waals surface area contributed by atoms with E-state index in [1.54, 1.807) is 0 Å². The van der Waals surface area contributed by atoms with Gasteiger partial charge in [-0.15, -0.1) is 0 Å². The van der Waals surface area contributed by atoms with Crippen molar-refractivity contribution in [3.63, 3.8) is 0 Å². The van der Waals surface area contributed by atoms with Gasteiger partial charge in [0.1, 0.15) is 6.10 Å². The van der Waals surface area contributed by atoms with E-state index in [4.69, 9.17) is 16.3 Å². The molecule has 3 nitrogen and oxygen atoms in total. The monoisotopic (exact) mass is 339 g/mol. The third kappa shape index (κ3) is 4.06. The number of H-pyrrole nitrogens is 1. The van der Waals surface area contributed by atoms with Gasteiger partial charge in [-0.3, -0.25) is 4.79 Å². The number of aromatic amines is 1. The van der Waals surface area contributed by atoms with Gasteiger partial charge in [0.2, 0.25) is 0 Å². The summed E-state index contributed by atoms with van der Waals surface area (Å²) >= 11 is 5.96. The summed E-state index contributed by atoms with van der Waals surface area (Å²) in [6.45, 7) is 0.526. The molecule has 3 rings (SSSR count). The summed E-state index contributed by atoms with van der Waals surface area (Å²) in [7, 11) is 0. The van der Waals surface area contributed by atoms with Gasteiger partial charge in [-0.25, -0.2) is 0 Å². The van der Waals surface area contributed by atoms with Crippen molar-refractivity contribution in [3.05, 3.63) is 83.1 Å². The van der Waals surface area contributed by atoms with E-state index in [2.05, 4.69) is 4.98 Å². The molecule has 1 aromatic heterocycles. The Morgan fingerprint density at radius 2 is 1.75 bits per heavy atom. The summed E-state index contributed by atoms with van der Waals surface area (Å²) in [5.74, 6) is 0. The molecule has 1 atom stereocenters. The zero-order chi connectivity index (χ0) is 16.8. The van der Waals surface area contributed by atoms with E-state index in [1.165, 1.54) is 0 Å². The van der Waals surface area contributed by atoms with Gasteiger partial charge >= 0.3 is 0 Å². The molecular weight excluding hydrogens is 322 g/mol. The molecule has 0 saturated carbocycles. The zero-order valence-electron chi connectivity index (χ0n) is 13.1. The van der Waals surface area contributed by atoms with Crippen LogP contribution in [0.2, 0.25) is 5.02 Å². The minimum Gasteiger partial charge on any atom is -0.464 e. The third-order valence-corrected chi connectivity index (χ3v) is 4.23. The van der Waals surface area contributed by atoms with Crippen LogP contribution in [0.4, 0.5) is 0 Å². The van der Waals surface area contributed by atoms with E-state index in [9.17, 15) is 4.79 Å². The largest absolute Gasteiger partial charge is 0.464 e. The van der Waals surface area contributed by atoms with Gasteiger partial charge in [0.05, 0.1) is 0 Å². The number of hydrogen-bond acceptors (Lipinski definition) is 2. The maximum Gasteiger partial charge on any atom is 0.293 e. The number of ether oxygens (including phenoxy) is 1. The fourth-order valence-corrected chi connectivity index (χ4v) is 2.95. The first-order valence-corrected chi connectivity index (χ1v) is 8.19. The second kappa shape index (κ2) is 7.84. The summed E-state index contributed by atoms with van der Waals surface area (Å²) in [5.41, 5.74) is 4.36. The van der Waals surface area contributed by atoms with Gasteiger partial charge in [0, 0.05) is 35.3 Å². The Hall–Kier alpha value is -2.52. The molecule has 0 spiro atoms. The van der Waals surface area contributed by atoms with Crippen LogP contribution in [0.15, 0.2) is 66.9 Å². The second-order valence-corrected chi connectivity index (χ2v) is 6.06. The Balaban J connectivity index is 1.79. The van der Waals surface area contributed by atoms with Crippen molar-refractivity contribution in [2.24, 2.45) is 0 Å². The Morgan fingerprint density at radius 1 is 1.00 bits per heavy atom. The summed E-state index contributed by atoms with van der Waals surface area (Å²) in [5, 5.41) is 0.710. The topological polar surface area (TPSA) is 42.1 Å². The van der Waals surface area contributed by atoms with Crippen LogP contribution in [0.1, 0.15) is 11.3 Å². The molecule has 1 N–H and O–H groups in total. The SMILES string of the molecule is O=COC(Cc1ccccc1)Cc1[nH]ccc1-c1ccc(Cl)cc1. The molecule has 122 valence electrons. The number of carbonyl (C=O) groups excluding carboxylic acids is 1. The molecule has 0 aliphatic heterocycles. The molecule has 3 aromatic rings. The van der Waals surface area contributed by atoms with Crippen molar-refractivity contribution in [2.75, 3.05) is 0 Å². The molecule has 0 bridgehead atoms. The number of nitrogens with one attached hydrogen (secondary N) is 1. The smallest absolute Gasteiger partial charge is 0.293 e. The van der Waals surface area contributed by atoms with Gasteiger partial charge in [0.15, 0.2) is 0 Å². The highest BCUT2D eigenvalue weighted by Crippen LogP contribution is 2.26. The molecule has 0 saturated heterocycles. The molecule has 2 aromatic carbocycles. The predicted molar refractivity (Wildman–Crippen MR) is 96.0 cm³/mol. The van der Waals surface area contributed by atoms with Gasteiger partial charge < -0.3 is 9.72 Å². The number of aromatic nitrogens is 1. The Bertz CT molecular complexity index is 781. The van der Waals surface area contributed by atoms with E-state index in [0.29, 0.717) is 24.3 Å². The molecule has 4 heteroatoms. The fraction of sp³-hybridized carbons (Fsp3) is 0.150. The maximum absolute atomic E-state index is 10.9. The van der Waals surface area contributed by atoms with E-state index in [1.807, 2.05) is 66.9 Å². The Kier molecular flexibility index (Phi) is 5.34. The lowest BCUT2D eigenvalue weighted by atomic mass is 9.99. The molecular formula is C20H18ClNO2. The lowest BCUT2D eigenvalue weighted by Gasteiger charge is -2.16. The molecule has 0 aliphatic rings. The van der Waals surface area contributed by atoms with Crippen LogP contribution >= 0.6 is 11.6 Å². The van der Waals surface area contributed by atoms with Crippen LogP contribution in [0, 0.1) is 0 Å². The lowest BCUT2D eigenvalue weighted by molar-refractivity contribution is -0.133. The molecule has 24 heavy (non-hydrogen) atoms. The normalized spacial score (nSPS) is 11.9. The molecule has 1 unspecified atom stereocenters. The fourth-order valence-electron chi connectivity index (χ4n) is 2.82. The number of hydrogen-bond donors (Lipinski definition) is 1. The molecule has 0 aliphatic carbocycles. The highest BCUT2D eigenvalue weighted by molar-refractivity contribution is 6.30. The number of rotatable bonds is 7. The minimum atomic E-state index is -0.213. The predicted octanol–water partition coefficient (Wildman–Crippen LogP) is 4.66. The third-order valence-electron chi connectivity index (χ3n) is 3.97. The van der Waals surface area contributed by atoms with Crippen LogP contribution in [0.3, 0.4) is 0 Å². The standard InChI is InChI=1S/C20H18ClNO2/c21-17-8-6-16(7-9-17)19-10-11-22-20(19)13-18(24-14-23)12-15-4-2-1-3-5-15/h1-11,14,18,22H,12-13H2. The van der Waals surface area contributed by atoms with Crippen LogP contribution < -0.4 is 0 Å². The minimum absolute atomic E-state index is 0.213. The highest BCUT2D eigenvalue weighted by Gasteiger charge is 2.15. The van der Waals surface area contributed by atoms with Crippen LogP contribution in [0.5, 0.6) is 0 Å². The quantitative estimate of drug-likeness (QED) is 0.636. The van der Waals surface area contributed by atoms with Crippen molar-refractivity contribution in [2.45, 2.75) is 18.9 Å². The van der Waals surface area contributed by atoms with Gasteiger partial charge in [-0.1, -0.05) is 54.1 Å². The molecule has 0 amide bonds. The average Bonchev–Trinajstić information content (AvgIpc) is 3.05. The van der Waals surface area contributed by atoms with Crippen molar-refractivity contribution < 1.29 is 9.53 Å². The average molecular weight is 340 g/mol. The van der Waals surface area contributed by atoms with E-state index in [-0.39, 0.29) is 6.10 Å². The maximum atomic E-state index is 10.9. The number of benzene rings is 2. The molecule has 1 heterocycles. The first kappa shape index (κ1) is 16.3. The van der Waals surface area contributed by atoms with Crippen LogP contribution in [-0.2, 0) is 22.4 Å². The van der Waals surface area contributed by atoms with Gasteiger partial charge in [0.25, 0.3) is 6.47 Å². The summed E-state index contributed by atoms with van der Waals surface area (Å²) in [4.78, 5) is 14.1. The van der Waals surface area contributed by atoms with Crippen LogP contribution in [0.25, 0.3) is 11.1 Å². The lowest BCUT2D eigenvalue weighted by Crippen LogP contribution is -2.19. The van der Waals surface area contributed by atoms with Crippen molar-refractivity contribution >= 4 is 18.1 Å². The van der Waals surface area contributed by atoms with Crippen molar-refractivity contribution in [1.29, 1.82) is 0 Å². The van der Waals surface area contributed by atoms with E-state index < -0.39 is 0 Å². The molecule has 0 radical (unpaired) electrons. The summed E-state index contributed by atoms with van der Waals surface area (Å²) in [6.07, 6.45) is 2.99. The zero-order valence-corrected chi connectivity index (χ0v) is 13.9. The Labute approximate surface area is 146 Å². The van der Waals surface area contributed by atoms with Gasteiger partial charge in [-0.2, -0.15) is 0 Å². The van der Waals surface area contributed by atoms with Crippen molar-refractivity contribution in [1.82, 2.24) is 4.98 Å². The first-order valence-electron chi connectivity index (χ1n) is 7.81. The number of carbonyl (C=O) groups is 1. The van der Waals surface area contributed by atoms with Gasteiger partial charge in [-0.05, 0) is 29.3 Å². The Morgan fingerprint density at radius 3 is 2.46 bits per heavy atom. The van der Waals surface area contributed by atoms with E-state index in [0.717, 1.165) is 22.4 Å². The van der Waals surface area contributed by atoms with E-state index >= 15 is 0 Å². The second-order valence-electron chi connectivity index (χ2n) is 5.62. The number of halogens is 1. The summed E-state index contributed by atoms with van der Waals surface area (Å²) < 4.78 is 5.31. The van der Waals surface area contributed by atoms with Crippen LogP contribution in [-0.4, -0.2) is 17.6 Å². The van der Waals surface area contributed by atoms with Crippen molar-refractivity contribution in [3.8, 4) is 11.1 Å².